The van der Waals surface area contributed by atoms with E-state index in [1.165, 1.54) is 0 Å². The molecule has 0 radical (unpaired) electrons. The van der Waals surface area contributed by atoms with E-state index in [0.29, 0.717) is 6.42 Å². The smallest absolute Gasteiger partial charge is 0.303 e. The third-order valence-corrected chi connectivity index (χ3v) is 2.02. The van der Waals surface area contributed by atoms with Gasteiger partial charge in [0.1, 0.15) is 5.82 Å². The van der Waals surface area contributed by atoms with Crippen molar-refractivity contribution in [2.24, 2.45) is 0 Å². The summed E-state index contributed by atoms with van der Waals surface area (Å²) in [6.45, 7) is 4.85. The molecule has 0 atom stereocenters. The van der Waals surface area contributed by atoms with Crippen molar-refractivity contribution in [2.45, 2.75) is 33.2 Å². The lowest BCUT2D eigenvalue weighted by Gasteiger charge is -2.04. The molecule has 4 heteroatoms. The number of carboxylic acid groups (broad SMARTS) is 1. The number of rotatable bonds is 4. The Bertz CT molecular complexity index is 305. The number of carboxylic acids is 1. The zero-order valence-corrected chi connectivity index (χ0v) is 7.95. The van der Waals surface area contributed by atoms with E-state index < -0.39 is 5.97 Å². The Morgan fingerprint density at radius 2 is 2.38 bits per heavy atom. The average Bonchev–Trinajstić information content (AvgIpc) is 2.42. The lowest BCUT2D eigenvalue weighted by Crippen LogP contribution is -2.06. The Balaban J connectivity index is 2.70. The van der Waals surface area contributed by atoms with Crippen LogP contribution in [-0.4, -0.2) is 20.6 Å². The van der Waals surface area contributed by atoms with Gasteiger partial charge >= 0.3 is 5.97 Å². The van der Waals surface area contributed by atoms with Gasteiger partial charge < -0.3 is 9.67 Å². The fourth-order valence-corrected chi connectivity index (χ4v) is 1.36. The van der Waals surface area contributed by atoms with Crippen LogP contribution >= 0.6 is 0 Å². The van der Waals surface area contributed by atoms with E-state index in [-0.39, 0.29) is 6.42 Å². The summed E-state index contributed by atoms with van der Waals surface area (Å²) in [5, 5.41) is 8.51. The third-order valence-electron chi connectivity index (χ3n) is 2.02. The molecule has 1 heterocycles. The van der Waals surface area contributed by atoms with E-state index in [4.69, 9.17) is 5.11 Å². The fraction of sp³-hybridized carbons (Fsp3) is 0.556. The predicted octanol–water partition coefficient (Wildman–Crippen LogP) is 1.23. The Morgan fingerprint density at radius 3 is 2.92 bits per heavy atom. The largest absolute Gasteiger partial charge is 0.481 e. The summed E-state index contributed by atoms with van der Waals surface area (Å²) in [6, 6.07) is 0. The number of aromatic nitrogens is 2. The summed E-state index contributed by atoms with van der Waals surface area (Å²) in [5.74, 6) is 0.0886. The van der Waals surface area contributed by atoms with E-state index in [0.717, 1.165) is 18.1 Å². The molecule has 0 fully saturated rings. The van der Waals surface area contributed by atoms with E-state index >= 15 is 0 Å². The van der Waals surface area contributed by atoms with Crippen LogP contribution in [0.25, 0.3) is 0 Å². The molecule has 0 saturated heterocycles. The van der Waals surface area contributed by atoms with Gasteiger partial charge in [0, 0.05) is 24.9 Å². The zero-order valence-electron chi connectivity index (χ0n) is 7.95. The quantitative estimate of drug-likeness (QED) is 0.761. The predicted molar refractivity (Wildman–Crippen MR) is 48.6 cm³/mol. The van der Waals surface area contributed by atoms with Crippen LogP contribution in [0.3, 0.4) is 0 Å². The SMILES string of the molecule is CCn1c(C)cnc1CCC(=O)O. The van der Waals surface area contributed by atoms with E-state index in [9.17, 15) is 4.79 Å². The van der Waals surface area contributed by atoms with Crippen LogP contribution in [0.2, 0.25) is 0 Å². The summed E-state index contributed by atoms with van der Waals surface area (Å²) in [6.07, 6.45) is 2.44. The Labute approximate surface area is 77.2 Å². The Morgan fingerprint density at radius 1 is 1.69 bits per heavy atom. The first-order valence-corrected chi connectivity index (χ1v) is 4.38. The monoisotopic (exact) mass is 182 g/mol. The Hall–Kier alpha value is -1.32. The van der Waals surface area contributed by atoms with Crippen LogP contribution in [0.1, 0.15) is 24.9 Å². The van der Waals surface area contributed by atoms with Gasteiger partial charge in [0.25, 0.3) is 0 Å². The van der Waals surface area contributed by atoms with Gasteiger partial charge in [-0.1, -0.05) is 0 Å². The van der Waals surface area contributed by atoms with Crippen LogP contribution in [0, 0.1) is 6.92 Å². The lowest BCUT2D eigenvalue weighted by molar-refractivity contribution is -0.137. The normalized spacial score (nSPS) is 10.3. The van der Waals surface area contributed by atoms with Gasteiger partial charge in [-0.25, -0.2) is 4.98 Å². The average molecular weight is 182 g/mol. The van der Waals surface area contributed by atoms with Gasteiger partial charge in [-0.15, -0.1) is 0 Å². The topological polar surface area (TPSA) is 55.1 Å². The molecular weight excluding hydrogens is 168 g/mol. The van der Waals surface area contributed by atoms with Crippen LogP contribution in [0.15, 0.2) is 6.20 Å². The third kappa shape index (κ3) is 2.31. The molecule has 1 N–H and O–H groups in total. The summed E-state index contributed by atoms with van der Waals surface area (Å²) < 4.78 is 2.03. The second-order valence-electron chi connectivity index (χ2n) is 2.95. The maximum Gasteiger partial charge on any atom is 0.303 e. The maximum absolute atomic E-state index is 10.3. The summed E-state index contributed by atoms with van der Waals surface area (Å²) >= 11 is 0. The van der Waals surface area contributed by atoms with Crippen LogP contribution in [0.4, 0.5) is 0 Å². The molecule has 1 aromatic heterocycles. The minimum atomic E-state index is -0.775. The molecule has 0 aliphatic carbocycles. The van der Waals surface area contributed by atoms with Gasteiger partial charge in [-0.05, 0) is 13.8 Å². The number of imidazole rings is 1. The van der Waals surface area contributed by atoms with Crippen molar-refractivity contribution in [3.05, 3.63) is 17.7 Å². The van der Waals surface area contributed by atoms with Crippen LogP contribution in [0.5, 0.6) is 0 Å². The van der Waals surface area contributed by atoms with Gasteiger partial charge in [0.05, 0.1) is 6.42 Å². The van der Waals surface area contributed by atoms with E-state index in [1.807, 2.05) is 18.4 Å². The summed E-state index contributed by atoms with van der Waals surface area (Å²) in [7, 11) is 0. The highest BCUT2D eigenvalue weighted by Crippen LogP contribution is 2.06. The van der Waals surface area contributed by atoms with E-state index in [1.54, 1.807) is 6.20 Å². The second-order valence-corrected chi connectivity index (χ2v) is 2.95. The lowest BCUT2D eigenvalue weighted by atomic mass is 10.3. The van der Waals surface area contributed by atoms with Crippen molar-refractivity contribution >= 4 is 5.97 Å². The van der Waals surface area contributed by atoms with Gasteiger partial charge in [0.2, 0.25) is 0 Å². The summed E-state index contributed by atoms with van der Waals surface area (Å²) in [5.41, 5.74) is 1.09. The highest BCUT2D eigenvalue weighted by atomic mass is 16.4. The number of hydrogen-bond donors (Lipinski definition) is 1. The minimum Gasteiger partial charge on any atom is -0.481 e. The number of hydrogen-bond acceptors (Lipinski definition) is 2. The number of aryl methyl sites for hydroxylation is 2. The highest BCUT2D eigenvalue weighted by molar-refractivity contribution is 5.66. The highest BCUT2D eigenvalue weighted by Gasteiger charge is 2.06. The molecule has 0 amide bonds. The zero-order chi connectivity index (χ0) is 9.84. The Kier molecular flexibility index (Phi) is 3.06. The molecule has 0 aliphatic rings. The number of nitrogens with zero attached hydrogens (tertiary/aromatic N) is 2. The van der Waals surface area contributed by atoms with Gasteiger partial charge in [-0.2, -0.15) is 0 Å². The molecule has 0 aromatic carbocycles. The van der Waals surface area contributed by atoms with Crippen LogP contribution in [-0.2, 0) is 17.8 Å². The van der Waals surface area contributed by atoms with Gasteiger partial charge in [-0.3, -0.25) is 4.79 Å². The molecule has 0 unspecified atom stereocenters. The molecule has 13 heavy (non-hydrogen) atoms. The molecule has 0 bridgehead atoms. The first kappa shape index (κ1) is 9.77. The molecule has 72 valence electrons. The van der Waals surface area contributed by atoms with Crippen molar-refractivity contribution in [3.8, 4) is 0 Å². The summed E-state index contributed by atoms with van der Waals surface area (Å²) in [4.78, 5) is 14.5. The number of carbonyl (C=O) groups is 1. The molecule has 0 saturated carbocycles. The first-order chi connectivity index (χ1) is 6.15. The van der Waals surface area contributed by atoms with Crippen molar-refractivity contribution in [2.75, 3.05) is 0 Å². The second kappa shape index (κ2) is 4.07. The molecule has 0 aliphatic heterocycles. The fourth-order valence-electron chi connectivity index (χ4n) is 1.36. The molecule has 0 spiro atoms. The van der Waals surface area contributed by atoms with E-state index in [2.05, 4.69) is 4.98 Å². The molecular formula is C9H14N2O2. The van der Waals surface area contributed by atoms with Crippen molar-refractivity contribution < 1.29 is 9.90 Å². The first-order valence-electron chi connectivity index (χ1n) is 4.38. The van der Waals surface area contributed by atoms with Gasteiger partial charge in [0.15, 0.2) is 0 Å². The maximum atomic E-state index is 10.3. The van der Waals surface area contributed by atoms with Crippen LogP contribution < -0.4 is 0 Å². The molecule has 4 nitrogen and oxygen atoms in total. The molecule has 1 rings (SSSR count). The minimum absolute atomic E-state index is 0.149. The standard InChI is InChI=1S/C9H14N2O2/c1-3-11-7(2)6-10-8(11)4-5-9(12)13/h6H,3-5H2,1-2H3,(H,12,13). The van der Waals surface area contributed by atoms with Crippen molar-refractivity contribution in [3.63, 3.8) is 0 Å². The number of aliphatic carboxylic acids is 1. The molecule has 1 aromatic rings. The van der Waals surface area contributed by atoms with Crippen molar-refractivity contribution in [1.82, 2.24) is 9.55 Å². The van der Waals surface area contributed by atoms with Crippen molar-refractivity contribution in [1.29, 1.82) is 0 Å².